The highest BCUT2D eigenvalue weighted by Crippen LogP contribution is 2.29. The van der Waals surface area contributed by atoms with Gasteiger partial charge in [-0.1, -0.05) is 35.9 Å². The van der Waals surface area contributed by atoms with Crippen molar-refractivity contribution < 1.29 is 9.59 Å². The van der Waals surface area contributed by atoms with Crippen molar-refractivity contribution in [1.29, 1.82) is 0 Å². The van der Waals surface area contributed by atoms with Gasteiger partial charge in [0.05, 0.1) is 17.9 Å². The molecule has 2 amide bonds. The third-order valence-electron chi connectivity index (χ3n) is 4.48. The number of halogens is 1. The largest absolute Gasteiger partial charge is 0.323 e. The summed E-state index contributed by atoms with van der Waals surface area (Å²) in [5.74, 6) is -0.0499. The zero-order chi connectivity index (χ0) is 18.5. The number of hydrogen-bond donors (Lipinski definition) is 2. The summed E-state index contributed by atoms with van der Waals surface area (Å²) in [5, 5.41) is 6.79. The molecule has 3 rings (SSSR count). The van der Waals surface area contributed by atoms with Crippen molar-refractivity contribution in [2.75, 3.05) is 23.3 Å². The summed E-state index contributed by atoms with van der Waals surface area (Å²) in [4.78, 5) is 26.1. The van der Waals surface area contributed by atoms with E-state index in [4.69, 9.17) is 11.6 Å². The van der Waals surface area contributed by atoms with Crippen molar-refractivity contribution in [3.05, 3.63) is 59.1 Å². The normalized spacial score (nSPS) is 15.2. The second-order valence-corrected chi connectivity index (χ2v) is 6.80. The highest BCUT2D eigenvalue weighted by atomic mass is 35.5. The summed E-state index contributed by atoms with van der Waals surface area (Å²) in [6, 6.07) is 15.0. The minimum absolute atomic E-state index is 0.0217. The van der Waals surface area contributed by atoms with E-state index < -0.39 is 0 Å². The molecule has 26 heavy (non-hydrogen) atoms. The number of benzene rings is 2. The van der Waals surface area contributed by atoms with Crippen molar-refractivity contribution >= 4 is 34.8 Å². The van der Waals surface area contributed by atoms with E-state index in [2.05, 4.69) is 10.6 Å². The fourth-order valence-electron chi connectivity index (χ4n) is 3.03. The minimum atomic E-state index is -0.148. The Balaban J connectivity index is 1.60. The van der Waals surface area contributed by atoms with Gasteiger partial charge in [-0.05, 0) is 43.2 Å². The summed E-state index contributed by atoms with van der Waals surface area (Å²) in [5.41, 5.74) is 2.48. The predicted octanol–water partition coefficient (Wildman–Crippen LogP) is 3.76. The van der Waals surface area contributed by atoms with Crippen LogP contribution in [0.25, 0.3) is 0 Å². The monoisotopic (exact) mass is 371 g/mol. The zero-order valence-electron chi connectivity index (χ0n) is 14.7. The first-order chi connectivity index (χ1) is 12.5. The number of amides is 2. The fourth-order valence-corrected chi connectivity index (χ4v) is 3.15. The van der Waals surface area contributed by atoms with Crippen LogP contribution in [-0.2, 0) is 9.59 Å². The van der Waals surface area contributed by atoms with Gasteiger partial charge in [-0.2, -0.15) is 0 Å². The van der Waals surface area contributed by atoms with Gasteiger partial charge in [0.15, 0.2) is 0 Å². The van der Waals surface area contributed by atoms with Gasteiger partial charge >= 0.3 is 0 Å². The minimum Gasteiger partial charge on any atom is -0.323 e. The first-order valence-corrected chi connectivity index (χ1v) is 9.10. The maximum absolute atomic E-state index is 12.4. The van der Waals surface area contributed by atoms with Crippen LogP contribution in [0.2, 0.25) is 5.02 Å². The zero-order valence-corrected chi connectivity index (χ0v) is 15.4. The molecule has 2 aromatic rings. The van der Waals surface area contributed by atoms with Crippen LogP contribution in [0, 0.1) is 0 Å². The lowest BCUT2D eigenvalue weighted by Crippen LogP contribution is -2.31. The highest BCUT2D eigenvalue weighted by molar-refractivity contribution is 6.30. The molecule has 2 N–H and O–H groups in total. The van der Waals surface area contributed by atoms with E-state index in [1.165, 1.54) is 0 Å². The smallest absolute Gasteiger partial charge is 0.238 e. The average molecular weight is 372 g/mol. The molecule has 0 spiro atoms. The summed E-state index contributed by atoms with van der Waals surface area (Å²) >= 11 is 5.90. The molecular weight excluding hydrogens is 350 g/mol. The summed E-state index contributed by atoms with van der Waals surface area (Å²) < 4.78 is 0. The number of carbonyl (C=O) groups excluding carboxylic acids is 2. The molecule has 0 aromatic heterocycles. The van der Waals surface area contributed by atoms with Crippen LogP contribution < -0.4 is 15.5 Å². The van der Waals surface area contributed by atoms with Crippen LogP contribution >= 0.6 is 11.6 Å². The molecule has 1 fully saturated rings. The van der Waals surface area contributed by atoms with Crippen LogP contribution in [0.3, 0.4) is 0 Å². The molecule has 136 valence electrons. The Labute approximate surface area is 158 Å². The van der Waals surface area contributed by atoms with Crippen LogP contribution in [0.5, 0.6) is 0 Å². The van der Waals surface area contributed by atoms with Crippen molar-refractivity contribution in [1.82, 2.24) is 5.32 Å². The van der Waals surface area contributed by atoms with Crippen LogP contribution in [0.1, 0.15) is 31.4 Å². The van der Waals surface area contributed by atoms with E-state index in [9.17, 15) is 9.59 Å². The molecule has 5 nitrogen and oxygen atoms in total. The van der Waals surface area contributed by atoms with Gasteiger partial charge in [0.25, 0.3) is 0 Å². The number of para-hydroxylation sites is 2. The second kappa shape index (κ2) is 8.34. The van der Waals surface area contributed by atoms with Gasteiger partial charge in [0, 0.05) is 24.0 Å². The van der Waals surface area contributed by atoms with E-state index in [1.807, 2.05) is 55.5 Å². The SMILES string of the molecule is CC(NCC(=O)Nc1ccccc1N1CCCC1=O)c1ccc(Cl)cc1. The Kier molecular flexibility index (Phi) is 5.91. The summed E-state index contributed by atoms with van der Waals surface area (Å²) in [6.45, 7) is 2.86. The molecule has 1 saturated heterocycles. The fraction of sp³-hybridized carbons (Fsp3) is 0.300. The number of anilines is 2. The highest BCUT2D eigenvalue weighted by Gasteiger charge is 2.24. The van der Waals surface area contributed by atoms with E-state index in [0.717, 1.165) is 17.7 Å². The topological polar surface area (TPSA) is 61.4 Å². The van der Waals surface area contributed by atoms with Gasteiger partial charge in [-0.15, -0.1) is 0 Å². The molecule has 0 bridgehead atoms. The van der Waals surface area contributed by atoms with E-state index in [-0.39, 0.29) is 24.4 Å². The predicted molar refractivity (Wildman–Crippen MR) is 105 cm³/mol. The number of rotatable bonds is 6. The maximum atomic E-state index is 12.4. The van der Waals surface area contributed by atoms with Gasteiger partial charge in [0.2, 0.25) is 11.8 Å². The van der Waals surface area contributed by atoms with Gasteiger partial charge in [0.1, 0.15) is 0 Å². The quantitative estimate of drug-likeness (QED) is 0.812. The molecule has 1 aliphatic rings. The van der Waals surface area contributed by atoms with E-state index in [1.54, 1.807) is 4.90 Å². The Morgan fingerprint density at radius 1 is 1.19 bits per heavy atom. The molecule has 1 unspecified atom stereocenters. The van der Waals surface area contributed by atoms with Crippen molar-refractivity contribution in [3.63, 3.8) is 0 Å². The van der Waals surface area contributed by atoms with Crippen LogP contribution in [0.15, 0.2) is 48.5 Å². The van der Waals surface area contributed by atoms with Gasteiger partial charge in [-0.25, -0.2) is 0 Å². The lowest BCUT2D eigenvalue weighted by atomic mass is 10.1. The molecule has 6 heteroatoms. The first-order valence-electron chi connectivity index (χ1n) is 8.72. The molecule has 0 radical (unpaired) electrons. The summed E-state index contributed by atoms with van der Waals surface area (Å²) in [6.07, 6.45) is 1.41. The Morgan fingerprint density at radius 3 is 2.62 bits per heavy atom. The van der Waals surface area contributed by atoms with E-state index >= 15 is 0 Å². The molecule has 1 heterocycles. The number of carbonyl (C=O) groups is 2. The summed E-state index contributed by atoms with van der Waals surface area (Å²) in [7, 11) is 0. The lowest BCUT2D eigenvalue weighted by molar-refractivity contribution is -0.117. The van der Waals surface area contributed by atoms with Crippen molar-refractivity contribution in [2.45, 2.75) is 25.8 Å². The van der Waals surface area contributed by atoms with Crippen LogP contribution in [0.4, 0.5) is 11.4 Å². The number of nitrogens with zero attached hydrogens (tertiary/aromatic N) is 1. The lowest BCUT2D eigenvalue weighted by Gasteiger charge is -2.20. The maximum Gasteiger partial charge on any atom is 0.238 e. The first kappa shape index (κ1) is 18.4. The number of hydrogen-bond acceptors (Lipinski definition) is 3. The van der Waals surface area contributed by atoms with Crippen molar-refractivity contribution in [3.8, 4) is 0 Å². The molecule has 2 aromatic carbocycles. The van der Waals surface area contributed by atoms with Gasteiger partial charge in [-0.3, -0.25) is 9.59 Å². The standard InChI is InChI=1S/C20H22ClN3O2/c1-14(15-8-10-16(21)11-9-15)22-13-19(25)23-17-5-2-3-6-18(17)24-12-4-7-20(24)26/h2-3,5-6,8-11,14,22H,4,7,12-13H2,1H3,(H,23,25). The molecule has 1 aliphatic heterocycles. The van der Waals surface area contributed by atoms with Gasteiger partial charge < -0.3 is 15.5 Å². The molecule has 0 saturated carbocycles. The molecular formula is C20H22ClN3O2. The molecule has 0 aliphatic carbocycles. The second-order valence-electron chi connectivity index (χ2n) is 6.37. The average Bonchev–Trinajstić information content (AvgIpc) is 3.06. The third kappa shape index (κ3) is 4.42. The Bertz CT molecular complexity index is 792. The Morgan fingerprint density at radius 2 is 1.92 bits per heavy atom. The third-order valence-corrected chi connectivity index (χ3v) is 4.73. The van der Waals surface area contributed by atoms with Crippen LogP contribution in [-0.4, -0.2) is 24.9 Å². The number of nitrogens with one attached hydrogen (secondary N) is 2. The Hall–Kier alpha value is -2.37. The van der Waals surface area contributed by atoms with Crippen molar-refractivity contribution in [2.24, 2.45) is 0 Å². The molecule has 1 atom stereocenters. The van der Waals surface area contributed by atoms with E-state index in [0.29, 0.717) is 23.7 Å².